The Kier molecular flexibility index (Phi) is 4.27. The molecule has 1 aliphatic rings. The third-order valence-electron chi connectivity index (χ3n) is 3.81. The van der Waals surface area contributed by atoms with Gasteiger partial charge in [0.25, 0.3) is 5.91 Å². The number of aliphatic hydroxyl groups excluding tert-OH is 1. The molecule has 1 amide bonds. The van der Waals surface area contributed by atoms with Crippen molar-refractivity contribution in [3.63, 3.8) is 0 Å². The maximum Gasteiger partial charge on any atom is 0.256 e. The SMILES string of the molecule is Cc1ccc(C2CN(C(=O)C(O)c3ccccc3)CCO2)o1. The second-order valence-electron chi connectivity index (χ2n) is 5.41. The lowest BCUT2D eigenvalue weighted by Gasteiger charge is -2.33. The van der Waals surface area contributed by atoms with E-state index in [1.54, 1.807) is 29.2 Å². The largest absolute Gasteiger partial charge is 0.464 e. The van der Waals surface area contributed by atoms with Crippen LogP contribution in [0.15, 0.2) is 46.9 Å². The molecule has 0 saturated carbocycles. The van der Waals surface area contributed by atoms with Gasteiger partial charge in [0, 0.05) is 6.54 Å². The van der Waals surface area contributed by atoms with Crippen LogP contribution in [0.1, 0.15) is 29.3 Å². The minimum atomic E-state index is -1.14. The number of hydrogen-bond donors (Lipinski definition) is 1. The van der Waals surface area contributed by atoms with Crippen LogP contribution in [0.3, 0.4) is 0 Å². The highest BCUT2D eigenvalue weighted by atomic mass is 16.5. The Morgan fingerprint density at radius 2 is 2.05 bits per heavy atom. The quantitative estimate of drug-likeness (QED) is 0.944. The first-order chi connectivity index (χ1) is 10.6. The molecule has 2 heterocycles. The number of carbonyl (C=O) groups is 1. The highest BCUT2D eigenvalue weighted by Crippen LogP contribution is 2.26. The zero-order valence-corrected chi connectivity index (χ0v) is 12.4. The molecule has 0 aliphatic carbocycles. The van der Waals surface area contributed by atoms with Crippen LogP contribution in [0.5, 0.6) is 0 Å². The van der Waals surface area contributed by atoms with E-state index in [2.05, 4.69) is 0 Å². The van der Waals surface area contributed by atoms with Crippen LogP contribution >= 0.6 is 0 Å². The number of nitrogens with zero attached hydrogens (tertiary/aromatic N) is 1. The van der Waals surface area contributed by atoms with Crippen LogP contribution in [0.4, 0.5) is 0 Å². The van der Waals surface area contributed by atoms with Crippen molar-refractivity contribution in [2.75, 3.05) is 19.7 Å². The average Bonchev–Trinajstić information content (AvgIpc) is 3.01. The van der Waals surface area contributed by atoms with E-state index in [-0.39, 0.29) is 12.0 Å². The van der Waals surface area contributed by atoms with Gasteiger partial charge in [-0.25, -0.2) is 0 Å². The maximum absolute atomic E-state index is 12.5. The van der Waals surface area contributed by atoms with E-state index in [0.717, 1.165) is 5.76 Å². The van der Waals surface area contributed by atoms with Crippen molar-refractivity contribution in [2.45, 2.75) is 19.1 Å². The lowest BCUT2D eigenvalue weighted by molar-refractivity contribution is -0.148. The summed E-state index contributed by atoms with van der Waals surface area (Å²) >= 11 is 0. The average molecular weight is 301 g/mol. The van der Waals surface area contributed by atoms with Crippen molar-refractivity contribution in [1.29, 1.82) is 0 Å². The summed E-state index contributed by atoms with van der Waals surface area (Å²) < 4.78 is 11.2. The molecule has 2 aromatic rings. The molecule has 3 rings (SSSR count). The van der Waals surface area contributed by atoms with Crippen molar-refractivity contribution in [1.82, 2.24) is 4.90 Å². The smallest absolute Gasteiger partial charge is 0.256 e. The fourth-order valence-corrected chi connectivity index (χ4v) is 2.60. The molecule has 5 nitrogen and oxygen atoms in total. The number of amides is 1. The van der Waals surface area contributed by atoms with Gasteiger partial charge in [0.05, 0.1) is 13.2 Å². The van der Waals surface area contributed by atoms with Gasteiger partial charge in [0.2, 0.25) is 0 Å². The third-order valence-corrected chi connectivity index (χ3v) is 3.81. The molecule has 1 aromatic carbocycles. The monoisotopic (exact) mass is 301 g/mol. The summed E-state index contributed by atoms with van der Waals surface area (Å²) in [5.41, 5.74) is 0.601. The molecular formula is C17H19NO4. The molecule has 1 saturated heterocycles. The lowest BCUT2D eigenvalue weighted by Crippen LogP contribution is -2.44. The number of benzene rings is 1. The van der Waals surface area contributed by atoms with Crippen molar-refractivity contribution in [2.24, 2.45) is 0 Å². The predicted octanol–water partition coefficient (Wildman–Crippen LogP) is 2.22. The Morgan fingerprint density at radius 3 is 2.73 bits per heavy atom. The Balaban J connectivity index is 1.70. The fourth-order valence-electron chi connectivity index (χ4n) is 2.60. The number of hydrogen-bond acceptors (Lipinski definition) is 4. The number of aliphatic hydroxyl groups is 1. The Morgan fingerprint density at radius 1 is 1.27 bits per heavy atom. The van der Waals surface area contributed by atoms with Crippen molar-refractivity contribution in [3.05, 3.63) is 59.5 Å². The summed E-state index contributed by atoms with van der Waals surface area (Å²) in [6.45, 7) is 3.15. The van der Waals surface area contributed by atoms with Gasteiger partial charge >= 0.3 is 0 Å². The highest BCUT2D eigenvalue weighted by Gasteiger charge is 2.31. The summed E-state index contributed by atoms with van der Waals surface area (Å²) in [5, 5.41) is 10.2. The van der Waals surface area contributed by atoms with Gasteiger partial charge in [-0.05, 0) is 24.6 Å². The second-order valence-corrected chi connectivity index (χ2v) is 5.41. The normalized spacial score (nSPS) is 19.9. The molecule has 0 radical (unpaired) electrons. The molecule has 0 bridgehead atoms. The van der Waals surface area contributed by atoms with Gasteiger partial charge in [-0.1, -0.05) is 30.3 Å². The fraction of sp³-hybridized carbons (Fsp3) is 0.353. The zero-order chi connectivity index (χ0) is 15.5. The van der Waals surface area contributed by atoms with Crippen LogP contribution in [0.2, 0.25) is 0 Å². The zero-order valence-electron chi connectivity index (χ0n) is 12.4. The van der Waals surface area contributed by atoms with Crippen LogP contribution in [0, 0.1) is 6.92 Å². The number of aryl methyl sites for hydroxylation is 1. The summed E-state index contributed by atoms with van der Waals surface area (Å²) in [6, 6.07) is 12.7. The van der Waals surface area contributed by atoms with Crippen LogP contribution in [-0.4, -0.2) is 35.6 Å². The summed E-state index contributed by atoms with van der Waals surface area (Å²) in [4.78, 5) is 14.1. The number of ether oxygens (including phenoxy) is 1. The molecular weight excluding hydrogens is 282 g/mol. The number of carbonyl (C=O) groups excluding carboxylic acids is 1. The van der Waals surface area contributed by atoms with E-state index >= 15 is 0 Å². The van der Waals surface area contributed by atoms with Crippen molar-refractivity contribution < 1.29 is 19.1 Å². The minimum absolute atomic E-state index is 0.283. The molecule has 1 aliphatic heterocycles. The van der Waals surface area contributed by atoms with E-state index in [4.69, 9.17) is 9.15 Å². The van der Waals surface area contributed by atoms with Gasteiger partial charge in [-0.3, -0.25) is 4.79 Å². The third kappa shape index (κ3) is 3.05. The van der Waals surface area contributed by atoms with E-state index in [1.807, 2.05) is 25.1 Å². The Hall–Kier alpha value is -2.11. The summed E-state index contributed by atoms with van der Waals surface area (Å²) in [5.74, 6) is 1.22. The summed E-state index contributed by atoms with van der Waals surface area (Å²) in [6.07, 6.45) is -1.42. The first kappa shape index (κ1) is 14.8. The number of rotatable bonds is 3. The van der Waals surface area contributed by atoms with E-state index < -0.39 is 6.10 Å². The first-order valence-electron chi connectivity index (χ1n) is 7.35. The summed E-state index contributed by atoms with van der Waals surface area (Å²) in [7, 11) is 0. The molecule has 0 spiro atoms. The number of furan rings is 1. The van der Waals surface area contributed by atoms with Crippen LogP contribution in [-0.2, 0) is 9.53 Å². The van der Waals surface area contributed by atoms with Crippen LogP contribution in [0.25, 0.3) is 0 Å². The van der Waals surface area contributed by atoms with Gasteiger partial charge in [0.1, 0.15) is 17.6 Å². The molecule has 116 valence electrons. The molecule has 5 heteroatoms. The van der Waals surface area contributed by atoms with Gasteiger partial charge in [-0.2, -0.15) is 0 Å². The van der Waals surface area contributed by atoms with Crippen molar-refractivity contribution in [3.8, 4) is 0 Å². The lowest BCUT2D eigenvalue weighted by atomic mass is 10.1. The Bertz CT molecular complexity index is 637. The minimum Gasteiger partial charge on any atom is -0.464 e. The molecule has 22 heavy (non-hydrogen) atoms. The van der Waals surface area contributed by atoms with E-state index in [1.165, 1.54) is 0 Å². The van der Waals surface area contributed by atoms with Gasteiger partial charge < -0.3 is 19.2 Å². The van der Waals surface area contributed by atoms with Crippen LogP contribution < -0.4 is 0 Å². The highest BCUT2D eigenvalue weighted by molar-refractivity contribution is 5.82. The molecule has 2 atom stereocenters. The standard InChI is InChI=1S/C17H19NO4/c1-12-7-8-14(22-12)15-11-18(9-10-21-15)17(20)16(19)13-5-3-2-4-6-13/h2-8,15-16,19H,9-11H2,1H3. The van der Waals surface area contributed by atoms with Crippen molar-refractivity contribution >= 4 is 5.91 Å². The van der Waals surface area contributed by atoms with E-state index in [9.17, 15) is 9.90 Å². The van der Waals surface area contributed by atoms with E-state index in [0.29, 0.717) is 31.0 Å². The van der Waals surface area contributed by atoms with Gasteiger partial charge in [-0.15, -0.1) is 0 Å². The first-order valence-corrected chi connectivity index (χ1v) is 7.35. The molecule has 1 aromatic heterocycles. The Labute approximate surface area is 129 Å². The molecule has 2 unspecified atom stereocenters. The predicted molar refractivity (Wildman–Crippen MR) is 80.1 cm³/mol. The number of morpholine rings is 1. The second kappa shape index (κ2) is 6.34. The molecule has 1 fully saturated rings. The maximum atomic E-state index is 12.5. The topological polar surface area (TPSA) is 62.9 Å². The van der Waals surface area contributed by atoms with Gasteiger partial charge in [0.15, 0.2) is 6.10 Å². The molecule has 1 N–H and O–H groups in total.